The highest BCUT2D eigenvalue weighted by molar-refractivity contribution is 5.09. The normalized spacial score (nSPS) is 43.6. The molecule has 23 nitrogen and oxygen atoms in total. The van der Waals surface area contributed by atoms with Gasteiger partial charge in [-0.1, -0.05) is 90.9 Å². The van der Waals surface area contributed by atoms with Crippen molar-refractivity contribution in [2.75, 3.05) is 52.9 Å². The summed E-state index contributed by atoms with van der Waals surface area (Å²) >= 11 is 0. The minimum atomic E-state index is -1.85. The van der Waals surface area contributed by atoms with Crippen LogP contribution in [0, 0.1) is 23.7 Å². The number of rotatable bonds is 32. The van der Waals surface area contributed by atoms with Crippen LogP contribution in [-0.4, -0.2) is 248 Å². The van der Waals surface area contributed by atoms with Gasteiger partial charge in [0.05, 0.1) is 58.0 Å². The largest absolute Gasteiger partial charge is 0.394 e. The average Bonchev–Trinajstić information content (AvgIpc) is 3.93. The van der Waals surface area contributed by atoms with E-state index in [0.29, 0.717) is 32.8 Å². The highest BCUT2D eigenvalue weighted by atomic mass is 16.8. The molecule has 434 valence electrons. The van der Waals surface area contributed by atoms with Crippen molar-refractivity contribution in [3.8, 4) is 0 Å². The first kappa shape index (κ1) is 62.3. The van der Waals surface area contributed by atoms with E-state index in [1.807, 2.05) is 0 Å². The third-order valence-corrected chi connectivity index (χ3v) is 16.2. The van der Waals surface area contributed by atoms with Crippen molar-refractivity contribution in [2.45, 2.75) is 246 Å². The lowest BCUT2D eigenvalue weighted by Gasteiger charge is -2.48. The smallest absolute Gasteiger partial charge is 0.187 e. The second-order valence-electron chi connectivity index (χ2n) is 21.4. The molecule has 6 rings (SSSR count). The van der Waals surface area contributed by atoms with Gasteiger partial charge in [0.1, 0.15) is 85.5 Å². The molecule has 2 aliphatic carbocycles. The molecule has 25 atom stereocenters. The van der Waals surface area contributed by atoms with Gasteiger partial charge < -0.3 is 114 Å². The van der Waals surface area contributed by atoms with Crippen molar-refractivity contribution in [3.05, 3.63) is 0 Å². The Morgan fingerprint density at radius 3 is 1.20 bits per heavy atom. The molecule has 2 bridgehead atoms. The van der Waals surface area contributed by atoms with Gasteiger partial charge in [0.2, 0.25) is 0 Å². The van der Waals surface area contributed by atoms with Gasteiger partial charge in [0, 0.05) is 19.6 Å². The summed E-state index contributed by atoms with van der Waals surface area (Å²) in [5, 5.41) is 138. The summed E-state index contributed by atoms with van der Waals surface area (Å²) < 4.78 is 61.3. The highest BCUT2D eigenvalue weighted by Gasteiger charge is 2.62. The second-order valence-corrected chi connectivity index (χ2v) is 21.4. The number of hydrogen-bond acceptors (Lipinski definition) is 23. The number of unbranched alkanes of at least 4 members (excludes halogenated alkanes) is 12. The van der Waals surface area contributed by atoms with E-state index in [0.717, 1.165) is 38.5 Å². The molecule has 0 aromatic heterocycles. The Bertz CT molecular complexity index is 1540. The number of fused-ring (bicyclic) bond motifs is 2. The van der Waals surface area contributed by atoms with Crippen LogP contribution in [0.4, 0.5) is 0 Å². The van der Waals surface area contributed by atoms with E-state index >= 15 is 0 Å². The zero-order valence-corrected chi connectivity index (χ0v) is 43.3. The van der Waals surface area contributed by atoms with Gasteiger partial charge in [-0.15, -0.1) is 0 Å². The van der Waals surface area contributed by atoms with Gasteiger partial charge in [-0.05, 0) is 42.9 Å². The molecule has 0 aromatic rings. The first-order valence-corrected chi connectivity index (χ1v) is 27.7. The topological polar surface area (TPSA) is 355 Å². The van der Waals surface area contributed by atoms with Gasteiger partial charge in [-0.2, -0.15) is 0 Å². The number of ether oxygens (including phenoxy) is 10. The Kier molecular flexibility index (Phi) is 26.2. The number of hydrogen-bond donors (Lipinski definition) is 13. The van der Waals surface area contributed by atoms with Crippen molar-refractivity contribution in [2.24, 2.45) is 23.7 Å². The SMILES string of the molecule is CCCCCCCCCOCC1C2C[C@@H]([C@H]1COCCCCCCCCC)[C@@H](O[C@@H]1OC(CO)[C@@H](O[C@H]3OC(CO)[C@@H](O)[C@H](O)C3O)[C@H](O)C1O)C2O[C@@H]1OC(CO)[C@@H](O[C@H]2OC(CO)[C@@H](O)[C@H](O)C2O)CC1O. The Balaban J connectivity index is 1.20. The van der Waals surface area contributed by atoms with Crippen LogP contribution in [-0.2, 0) is 47.4 Å². The van der Waals surface area contributed by atoms with Crippen LogP contribution < -0.4 is 0 Å². The minimum Gasteiger partial charge on any atom is -0.394 e. The van der Waals surface area contributed by atoms with Crippen LogP contribution in [0.25, 0.3) is 0 Å². The minimum absolute atomic E-state index is 0.135. The van der Waals surface area contributed by atoms with Gasteiger partial charge >= 0.3 is 0 Å². The summed E-state index contributed by atoms with van der Waals surface area (Å²) in [5.41, 5.74) is 0. The summed E-state index contributed by atoms with van der Waals surface area (Å²) in [6.45, 7) is 3.30. The van der Waals surface area contributed by atoms with E-state index < -0.39 is 155 Å². The third kappa shape index (κ3) is 15.7. The third-order valence-electron chi connectivity index (χ3n) is 16.2. The first-order chi connectivity index (χ1) is 35.7. The Hall–Kier alpha value is -0.920. The Labute approximate surface area is 434 Å². The van der Waals surface area contributed by atoms with Crippen molar-refractivity contribution >= 4 is 0 Å². The van der Waals surface area contributed by atoms with Crippen molar-refractivity contribution in [1.29, 1.82) is 0 Å². The predicted octanol–water partition coefficient (Wildman–Crippen LogP) is -1.55. The maximum atomic E-state index is 11.7. The zero-order valence-electron chi connectivity index (χ0n) is 43.3. The fourth-order valence-corrected chi connectivity index (χ4v) is 11.8. The van der Waals surface area contributed by atoms with Gasteiger partial charge in [0.25, 0.3) is 0 Å². The average molecular weight is 1070 g/mol. The monoisotopic (exact) mass is 1070 g/mol. The molecule has 4 saturated heterocycles. The molecule has 74 heavy (non-hydrogen) atoms. The van der Waals surface area contributed by atoms with Gasteiger partial charge in [0.15, 0.2) is 25.2 Å². The fourth-order valence-electron chi connectivity index (χ4n) is 11.8. The van der Waals surface area contributed by atoms with E-state index in [2.05, 4.69) is 13.8 Å². The highest BCUT2D eigenvalue weighted by Crippen LogP contribution is 2.56. The lowest BCUT2D eigenvalue weighted by molar-refractivity contribution is -0.372. The molecule has 0 aromatic carbocycles. The van der Waals surface area contributed by atoms with Gasteiger partial charge in [-0.25, -0.2) is 0 Å². The molecule has 4 aliphatic heterocycles. The summed E-state index contributed by atoms with van der Waals surface area (Å²) in [5.74, 6) is -0.918. The molecule has 4 heterocycles. The van der Waals surface area contributed by atoms with E-state index in [1.165, 1.54) is 51.4 Å². The molecular formula is C51H92O23. The molecule has 6 fully saturated rings. The maximum absolute atomic E-state index is 11.7. The predicted molar refractivity (Wildman–Crippen MR) is 257 cm³/mol. The number of aliphatic hydroxyl groups is 13. The number of aliphatic hydroxyl groups excluding tert-OH is 13. The summed E-state index contributed by atoms with van der Waals surface area (Å²) in [6.07, 6.45) is -15.7. The molecule has 0 radical (unpaired) electrons. The van der Waals surface area contributed by atoms with Crippen LogP contribution >= 0.6 is 0 Å². The van der Waals surface area contributed by atoms with E-state index in [4.69, 9.17) is 47.4 Å². The van der Waals surface area contributed by atoms with Gasteiger partial charge in [-0.3, -0.25) is 0 Å². The Morgan fingerprint density at radius 1 is 0.365 bits per heavy atom. The van der Waals surface area contributed by atoms with Crippen LogP contribution in [0.15, 0.2) is 0 Å². The lowest BCUT2D eigenvalue weighted by atomic mass is 9.76. The van der Waals surface area contributed by atoms with E-state index in [1.54, 1.807) is 0 Å². The van der Waals surface area contributed by atoms with Crippen molar-refractivity contribution < 1.29 is 114 Å². The molecule has 11 unspecified atom stereocenters. The van der Waals surface area contributed by atoms with Crippen molar-refractivity contribution in [3.63, 3.8) is 0 Å². The standard InChI is InChI=1S/C51H92O23/c1-3-5-7-9-11-13-15-17-65-25-29-27-19-28(30(29)26-66-18-16-14-12-10-8-6-4-2)46(73-51-44(64)41(61)47(36(24-55)71-51)74-50-43(63)40(60)38(58)35(23-54)70-50)45(27)72-48-31(56)20-32(33(21-52)68-48)67-49-42(62)39(59)37(57)34(22-53)69-49/h27-64H,3-26H2,1-2H3/t27?,28-,29?,30+,31?,32-,33?,34?,35?,36?,37+,38+,39-,40-,41+,42?,43?,44?,45?,46+,47+,48-,49-,50+,51-/m0/s1. The molecule has 0 amide bonds. The summed E-state index contributed by atoms with van der Waals surface area (Å²) in [7, 11) is 0. The molecule has 23 heteroatoms. The zero-order chi connectivity index (χ0) is 53.5. The maximum Gasteiger partial charge on any atom is 0.187 e. The first-order valence-electron chi connectivity index (χ1n) is 27.7. The molecule has 13 N–H and O–H groups in total. The van der Waals surface area contributed by atoms with Crippen molar-refractivity contribution in [1.82, 2.24) is 0 Å². The summed E-state index contributed by atoms with van der Waals surface area (Å²) in [6, 6.07) is 0. The molecule has 2 saturated carbocycles. The summed E-state index contributed by atoms with van der Waals surface area (Å²) in [4.78, 5) is 0. The van der Waals surface area contributed by atoms with Crippen LogP contribution in [0.3, 0.4) is 0 Å². The fraction of sp³-hybridized carbons (Fsp3) is 1.00. The Morgan fingerprint density at radius 2 is 0.743 bits per heavy atom. The quantitative estimate of drug-likeness (QED) is 0.0339. The van der Waals surface area contributed by atoms with Crippen LogP contribution in [0.2, 0.25) is 0 Å². The molecule has 0 spiro atoms. The molecule has 6 aliphatic rings. The lowest BCUT2D eigenvalue weighted by Crippen LogP contribution is -2.65. The van der Waals surface area contributed by atoms with E-state index in [9.17, 15) is 66.4 Å². The van der Waals surface area contributed by atoms with Crippen LogP contribution in [0.5, 0.6) is 0 Å². The second kappa shape index (κ2) is 31.2. The van der Waals surface area contributed by atoms with E-state index in [-0.39, 0.29) is 30.1 Å². The molecular weight excluding hydrogens is 981 g/mol. The van der Waals surface area contributed by atoms with Crippen LogP contribution in [0.1, 0.15) is 117 Å².